The first-order chi connectivity index (χ1) is 9.16. The Morgan fingerprint density at radius 3 is 2.47 bits per heavy atom. The molecule has 0 N–H and O–H groups in total. The van der Waals surface area contributed by atoms with E-state index in [1.165, 1.54) is 0 Å². The molecule has 0 saturated heterocycles. The summed E-state index contributed by atoms with van der Waals surface area (Å²) < 4.78 is 9.40. The van der Waals surface area contributed by atoms with E-state index in [9.17, 15) is 0 Å². The van der Waals surface area contributed by atoms with Crippen molar-refractivity contribution < 1.29 is 4.52 Å². The Morgan fingerprint density at radius 1 is 1.11 bits per heavy atom. The summed E-state index contributed by atoms with van der Waals surface area (Å²) in [6.07, 6.45) is 0. The molecule has 5 heteroatoms. The summed E-state index contributed by atoms with van der Waals surface area (Å²) in [5.41, 5.74) is 2.85. The van der Waals surface area contributed by atoms with Gasteiger partial charge in [0.2, 0.25) is 0 Å². The second-order valence-electron chi connectivity index (χ2n) is 4.17. The molecule has 1 aromatic carbocycles. The Hall–Kier alpha value is -1.33. The molecule has 3 aromatic rings. The van der Waals surface area contributed by atoms with Crippen LogP contribution in [-0.2, 0) is 7.05 Å². The van der Waals surface area contributed by atoms with Crippen LogP contribution in [0.1, 0.15) is 0 Å². The molecule has 0 aliphatic carbocycles. The highest BCUT2D eigenvalue weighted by molar-refractivity contribution is 9.13. The minimum atomic E-state index is 0.743. The number of nitrogens with zero attached hydrogens (tertiary/aromatic N) is 2. The maximum absolute atomic E-state index is 5.44. The van der Waals surface area contributed by atoms with E-state index < -0.39 is 0 Å². The molecule has 0 amide bonds. The first-order valence-corrected chi connectivity index (χ1v) is 7.28. The Morgan fingerprint density at radius 2 is 1.84 bits per heavy atom. The molecule has 2 aromatic heterocycles. The van der Waals surface area contributed by atoms with Gasteiger partial charge in [-0.1, -0.05) is 35.5 Å². The molecule has 0 bridgehead atoms. The molecular formula is C14H10Br2N2O. The van der Waals surface area contributed by atoms with Gasteiger partial charge >= 0.3 is 0 Å². The largest absolute Gasteiger partial charge is 0.354 e. The number of rotatable bonds is 2. The van der Waals surface area contributed by atoms with E-state index in [1.807, 2.05) is 54.1 Å². The van der Waals surface area contributed by atoms with E-state index >= 15 is 0 Å². The number of aromatic nitrogens is 2. The SMILES string of the molecule is Cn1c(-c2cc(-c3ccccc3)no2)cc(Br)c1Br. The average molecular weight is 382 g/mol. The van der Waals surface area contributed by atoms with Gasteiger partial charge in [0.25, 0.3) is 0 Å². The molecule has 19 heavy (non-hydrogen) atoms. The van der Waals surface area contributed by atoms with Crippen LogP contribution >= 0.6 is 31.9 Å². The van der Waals surface area contributed by atoms with Crippen LogP contribution in [0.3, 0.4) is 0 Å². The van der Waals surface area contributed by atoms with Crippen LogP contribution in [-0.4, -0.2) is 9.72 Å². The van der Waals surface area contributed by atoms with Crippen LogP contribution in [0.25, 0.3) is 22.7 Å². The molecule has 3 nitrogen and oxygen atoms in total. The Bertz CT molecular complexity index is 716. The summed E-state index contributed by atoms with van der Waals surface area (Å²) in [5, 5.41) is 4.12. The van der Waals surface area contributed by atoms with Crippen LogP contribution in [0, 0.1) is 0 Å². The van der Waals surface area contributed by atoms with Crippen LogP contribution in [0.4, 0.5) is 0 Å². The summed E-state index contributed by atoms with van der Waals surface area (Å²) >= 11 is 6.99. The standard InChI is InChI=1S/C14H10Br2N2O/c1-18-12(7-10(15)14(18)16)13-8-11(17-19-13)9-5-3-2-4-6-9/h2-8H,1H3. The molecule has 0 saturated carbocycles. The molecule has 96 valence electrons. The van der Waals surface area contributed by atoms with Crippen molar-refractivity contribution in [2.45, 2.75) is 0 Å². The van der Waals surface area contributed by atoms with Gasteiger partial charge in [0.05, 0.1) is 14.8 Å². The maximum Gasteiger partial charge on any atom is 0.183 e. The lowest BCUT2D eigenvalue weighted by atomic mass is 10.1. The Labute approximate surface area is 127 Å². The van der Waals surface area contributed by atoms with Gasteiger partial charge in [-0.25, -0.2) is 0 Å². The van der Waals surface area contributed by atoms with E-state index in [0.29, 0.717) is 0 Å². The second kappa shape index (κ2) is 4.98. The highest BCUT2D eigenvalue weighted by atomic mass is 79.9. The molecule has 0 aliphatic heterocycles. The molecule has 0 radical (unpaired) electrons. The third-order valence-electron chi connectivity index (χ3n) is 2.95. The lowest BCUT2D eigenvalue weighted by Gasteiger charge is -1.98. The third kappa shape index (κ3) is 2.28. The summed E-state index contributed by atoms with van der Waals surface area (Å²) in [4.78, 5) is 0. The topological polar surface area (TPSA) is 31.0 Å². The summed E-state index contributed by atoms with van der Waals surface area (Å²) in [6.45, 7) is 0. The molecule has 2 heterocycles. The molecule has 3 rings (SSSR count). The molecular weight excluding hydrogens is 372 g/mol. The van der Waals surface area contributed by atoms with Crippen molar-refractivity contribution in [2.24, 2.45) is 7.05 Å². The minimum absolute atomic E-state index is 0.743. The number of halogens is 2. The smallest absolute Gasteiger partial charge is 0.183 e. The van der Waals surface area contributed by atoms with Crippen LogP contribution < -0.4 is 0 Å². The van der Waals surface area contributed by atoms with Gasteiger partial charge in [-0.05, 0) is 37.9 Å². The molecule has 0 unspecified atom stereocenters. The maximum atomic E-state index is 5.44. The van der Waals surface area contributed by atoms with Gasteiger partial charge in [-0.15, -0.1) is 0 Å². The number of benzene rings is 1. The normalized spacial score (nSPS) is 10.9. The van der Waals surface area contributed by atoms with E-state index in [4.69, 9.17) is 4.52 Å². The average Bonchev–Trinajstić information content (AvgIpc) is 3.01. The highest BCUT2D eigenvalue weighted by Crippen LogP contribution is 2.33. The highest BCUT2D eigenvalue weighted by Gasteiger charge is 2.15. The Kier molecular flexibility index (Phi) is 3.33. The van der Waals surface area contributed by atoms with Crippen molar-refractivity contribution in [1.29, 1.82) is 0 Å². The van der Waals surface area contributed by atoms with Crippen molar-refractivity contribution in [1.82, 2.24) is 9.72 Å². The van der Waals surface area contributed by atoms with Gasteiger partial charge in [-0.3, -0.25) is 0 Å². The van der Waals surface area contributed by atoms with E-state index in [1.54, 1.807) is 0 Å². The molecule has 0 atom stereocenters. The van der Waals surface area contributed by atoms with Gasteiger partial charge in [0.15, 0.2) is 5.76 Å². The monoisotopic (exact) mass is 380 g/mol. The predicted molar refractivity (Wildman–Crippen MR) is 81.7 cm³/mol. The van der Waals surface area contributed by atoms with Crippen LogP contribution in [0.15, 0.2) is 56.1 Å². The van der Waals surface area contributed by atoms with Crippen LogP contribution in [0.5, 0.6) is 0 Å². The van der Waals surface area contributed by atoms with E-state index in [2.05, 4.69) is 37.0 Å². The zero-order chi connectivity index (χ0) is 13.4. The zero-order valence-electron chi connectivity index (χ0n) is 10.1. The first kappa shape index (κ1) is 12.7. The molecule has 0 fully saturated rings. The van der Waals surface area contributed by atoms with Crippen molar-refractivity contribution in [3.63, 3.8) is 0 Å². The predicted octanol–water partition coefficient (Wildman–Crippen LogP) is 4.87. The third-order valence-corrected chi connectivity index (χ3v) is 5.04. The second-order valence-corrected chi connectivity index (χ2v) is 5.78. The lowest BCUT2D eigenvalue weighted by molar-refractivity contribution is 0.432. The molecule has 0 spiro atoms. The quantitative estimate of drug-likeness (QED) is 0.633. The van der Waals surface area contributed by atoms with Gasteiger partial charge in [-0.2, -0.15) is 0 Å². The molecule has 0 aliphatic rings. The zero-order valence-corrected chi connectivity index (χ0v) is 13.3. The van der Waals surface area contributed by atoms with Crippen molar-refractivity contribution in [3.8, 4) is 22.7 Å². The summed E-state index contributed by atoms with van der Waals surface area (Å²) in [5.74, 6) is 0.743. The minimum Gasteiger partial charge on any atom is -0.354 e. The van der Waals surface area contributed by atoms with Gasteiger partial charge < -0.3 is 9.09 Å². The summed E-state index contributed by atoms with van der Waals surface area (Å²) in [6, 6.07) is 13.9. The lowest BCUT2D eigenvalue weighted by Crippen LogP contribution is -1.89. The number of hydrogen-bond acceptors (Lipinski definition) is 2. The van der Waals surface area contributed by atoms with E-state index in [-0.39, 0.29) is 0 Å². The fraction of sp³-hybridized carbons (Fsp3) is 0.0714. The Balaban J connectivity index is 2.04. The van der Waals surface area contributed by atoms with Crippen molar-refractivity contribution >= 4 is 31.9 Å². The van der Waals surface area contributed by atoms with Gasteiger partial charge in [0, 0.05) is 18.7 Å². The van der Waals surface area contributed by atoms with Crippen LogP contribution in [0.2, 0.25) is 0 Å². The van der Waals surface area contributed by atoms with Crippen molar-refractivity contribution in [3.05, 3.63) is 51.5 Å². The first-order valence-electron chi connectivity index (χ1n) is 5.70. The van der Waals surface area contributed by atoms with E-state index in [0.717, 1.165) is 31.8 Å². The van der Waals surface area contributed by atoms with Crippen molar-refractivity contribution in [2.75, 3.05) is 0 Å². The summed E-state index contributed by atoms with van der Waals surface area (Å²) in [7, 11) is 1.97. The number of hydrogen-bond donors (Lipinski definition) is 0. The fourth-order valence-corrected chi connectivity index (χ4v) is 2.71. The fourth-order valence-electron chi connectivity index (χ4n) is 1.92. The van der Waals surface area contributed by atoms with Gasteiger partial charge in [0.1, 0.15) is 5.69 Å².